The van der Waals surface area contributed by atoms with Crippen LogP contribution in [0.25, 0.3) is 0 Å². The van der Waals surface area contributed by atoms with E-state index in [1.54, 1.807) is 0 Å². The first kappa shape index (κ1) is 13.6. The van der Waals surface area contributed by atoms with E-state index in [0.29, 0.717) is 11.1 Å². The normalized spacial score (nSPS) is 15.0. The number of carbonyl (C=O) groups is 3. The number of hydrogen-bond donors (Lipinski definition) is 0. The molecule has 2 rings (SSSR count). The minimum atomic E-state index is -1.24. The summed E-state index contributed by atoms with van der Waals surface area (Å²) >= 11 is 2.87. The maximum atomic E-state index is 13.0. The number of halogens is 3. The summed E-state index contributed by atoms with van der Waals surface area (Å²) in [6.07, 6.45) is -0.101. The average Bonchev–Trinajstić information content (AvgIpc) is 2.65. The second-order valence-electron chi connectivity index (χ2n) is 3.71. The molecule has 1 aliphatic heterocycles. The Balaban J connectivity index is 2.23. The van der Waals surface area contributed by atoms with E-state index in [4.69, 9.17) is 0 Å². The molecule has 0 bridgehead atoms. The van der Waals surface area contributed by atoms with Crippen molar-refractivity contribution in [2.45, 2.75) is 12.8 Å². The molecule has 100 valence electrons. The molecule has 0 aliphatic carbocycles. The summed E-state index contributed by atoms with van der Waals surface area (Å²) in [6, 6.07) is 1.37. The van der Waals surface area contributed by atoms with Crippen molar-refractivity contribution in [3.05, 3.63) is 33.8 Å². The zero-order chi connectivity index (χ0) is 14.2. The number of amides is 2. The van der Waals surface area contributed by atoms with Crippen molar-refractivity contribution in [3.63, 3.8) is 0 Å². The van der Waals surface area contributed by atoms with Crippen molar-refractivity contribution in [2.24, 2.45) is 0 Å². The van der Waals surface area contributed by atoms with Gasteiger partial charge in [0.05, 0.1) is 5.56 Å². The zero-order valence-corrected chi connectivity index (χ0v) is 10.9. The van der Waals surface area contributed by atoms with Crippen molar-refractivity contribution in [2.75, 3.05) is 0 Å². The fourth-order valence-electron chi connectivity index (χ4n) is 1.47. The molecule has 8 heteroatoms. The van der Waals surface area contributed by atoms with Crippen LogP contribution in [0.3, 0.4) is 0 Å². The van der Waals surface area contributed by atoms with Crippen molar-refractivity contribution in [3.8, 4) is 0 Å². The number of benzene rings is 1. The first-order valence-corrected chi connectivity index (χ1v) is 5.92. The lowest BCUT2D eigenvalue weighted by atomic mass is 10.2. The van der Waals surface area contributed by atoms with E-state index in [1.165, 1.54) is 0 Å². The summed E-state index contributed by atoms with van der Waals surface area (Å²) in [5.41, 5.74) is -0.327. The summed E-state index contributed by atoms with van der Waals surface area (Å²) in [7, 11) is 0. The quantitative estimate of drug-likeness (QED) is 0.613. The van der Waals surface area contributed by atoms with Crippen LogP contribution >= 0.6 is 15.9 Å². The number of rotatable bonds is 2. The Morgan fingerprint density at radius 3 is 2.26 bits per heavy atom. The molecular formula is C11H6BrF2NO4. The predicted molar refractivity (Wildman–Crippen MR) is 60.6 cm³/mol. The molecule has 1 aromatic rings. The fraction of sp³-hybridized carbons (Fsp3) is 0.182. The number of hydroxylamine groups is 2. The van der Waals surface area contributed by atoms with Gasteiger partial charge < -0.3 is 4.84 Å². The third-order valence-corrected chi connectivity index (χ3v) is 3.07. The highest BCUT2D eigenvalue weighted by Gasteiger charge is 2.33. The smallest absolute Gasteiger partial charge is 0.325 e. The SMILES string of the molecule is O=C(ON1C(=O)CCC1=O)c1cc(F)c(F)cc1Br. The van der Waals surface area contributed by atoms with Gasteiger partial charge in [-0.2, -0.15) is 0 Å². The maximum Gasteiger partial charge on any atom is 0.365 e. The van der Waals surface area contributed by atoms with Crippen molar-refractivity contribution in [1.29, 1.82) is 0 Å². The first-order chi connectivity index (χ1) is 8.90. The highest BCUT2D eigenvalue weighted by Crippen LogP contribution is 2.23. The number of nitrogens with zero attached hydrogens (tertiary/aromatic N) is 1. The van der Waals surface area contributed by atoms with Gasteiger partial charge in [-0.3, -0.25) is 9.59 Å². The largest absolute Gasteiger partial charge is 0.365 e. The van der Waals surface area contributed by atoms with Crippen LogP contribution in [0.15, 0.2) is 16.6 Å². The first-order valence-electron chi connectivity index (χ1n) is 5.13. The van der Waals surface area contributed by atoms with E-state index in [1.807, 2.05) is 0 Å². The lowest BCUT2D eigenvalue weighted by Gasteiger charge is -2.13. The van der Waals surface area contributed by atoms with Gasteiger partial charge in [-0.05, 0) is 28.1 Å². The Bertz CT molecular complexity index is 574. The molecule has 0 N–H and O–H groups in total. The number of imide groups is 1. The monoisotopic (exact) mass is 333 g/mol. The molecule has 1 fully saturated rings. The molecule has 0 unspecified atom stereocenters. The Labute approximate surface area is 114 Å². The lowest BCUT2D eigenvalue weighted by Crippen LogP contribution is -2.32. The summed E-state index contributed by atoms with van der Waals surface area (Å²) in [5, 5.41) is 0.329. The van der Waals surface area contributed by atoms with Crippen molar-refractivity contribution in [1.82, 2.24) is 5.06 Å². The minimum absolute atomic E-state index is 0.0458. The molecule has 19 heavy (non-hydrogen) atoms. The van der Waals surface area contributed by atoms with Crippen molar-refractivity contribution < 1.29 is 28.0 Å². The second kappa shape index (κ2) is 5.04. The summed E-state index contributed by atoms with van der Waals surface area (Å²) in [5.74, 6) is -4.82. The number of hydrogen-bond acceptors (Lipinski definition) is 4. The summed E-state index contributed by atoms with van der Waals surface area (Å²) in [6.45, 7) is 0. The van der Waals surface area contributed by atoms with Crippen LogP contribution in [0, 0.1) is 11.6 Å². The molecule has 1 aromatic carbocycles. The minimum Gasteiger partial charge on any atom is -0.325 e. The van der Waals surface area contributed by atoms with Gasteiger partial charge in [0.2, 0.25) is 0 Å². The van der Waals surface area contributed by atoms with Gasteiger partial charge in [0.1, 0.15) is 0 Å². The Morgan fingerprint density at radius 2 is 1.68 bits per heavy atom. The molecule has 0 saturated carbocycles. The van der Waals surface area contributed by atoms with E-state index in [9.17, 15) is 23.2 Å². The van der Waals surface area contributed by atoms with Crippen LogP contribution in [0.4, 0.5) is 8.78 Å². The Kier molecular flexibility index (Phi) is 3.61. The second-order valence-corrected chi connectivity index (χ2v) is 4.56. The van der Waals surface area contributed by atoms with E-state index < -0.39 is 29.4 Å². The van der Waals surface area contributed by atoms with E-state index in [0.717, 1.165) is 6.07 Å². The standard InChI is InChI=1S/C11H6BrF2NO4/c12-6-4-8(14)7(13)3-5(6)11(18)19-15-9(16)1-2-10(15)17/h3-4H,1-2H2. The highest BCUT2D eigenvalue weighted by atomic mass is 79.9. The van der Waals surface area contributed by atoms with Gasteiger partial charge in [-0.1, -0.05) is 0 Å². The van der Waals surface area contributed by atoms with Crippen molar-refractivity contribution >= 4 is 33.7 Å². The lowest BCUT2D eigenvalue weighted by molar-refractivity contribution is -0.172. The van der Waals surface area contributed by atoms with Crippen LogP contribution in [0.5, 0.6) is 0 Å². The van der Waals surface area contributed by atoms with Gasteiger partial charge in [-0.25, -0.2) is 13.6 Å². The average molecular weight is 334 g/mol. The molecule has 0 atom stereocenters. The zero-order valence-electron chi connectivity index (χ0n) is 9.28. The van der Waals surface area contributed by atoms with E-state index >= 15 is 0 Å². The molecule has 5 nitrogen and oxygen atoms in total. The molecule has 2 amide bonds. The van der Waals surface area contributed by atoms with E-state index in [-0.39, 0.29) is 22.9 Å². The Hall–Kier alpha value is -1.83. The van der Waals surface area contributed by atoms with Crippen LogP contribution < -0.4 is 0 Å². The Morgan fingerprint density at radius 1 is 1.16 bits per heavy atom. The predicted octanol–water partition coefficient (Wildman–Crippen LogP) is 1.95. The fourth-order valence-corrected chi connectivity index (χ4v) is 1.95. The van der Waals surface area contributed by atoms with Crippen LogP contribution in [-0.2, 0) is 14.4 Å². The molecule has 1 heterocycles. The van der Waals surface area contributed by atoms with Gasteiger partial charge in [0.15, 0.2) is 11.6 Å². The molecule has 1 aliphatic rings. The summed E-state index contributed by atoms with van der Waals surface area (Å²) < 4.78 is 25.9. The third kappa shape index (κ3) is 2.62. The molecular weight excluding hydrogens is 328 g/mol. The van der Waals surface area contributed by atoms with Crippen LogP contribution in [0.1, 0.15) is 23.2 Å². The number of carbonyl (C=O) groups excluding carboxylic acids is 3. The molecule has 1 saturated heterocycles. The highest BCUT2D eigenvalue weighted by molar-refractivity contribution is 9.10. The summed E-state index contributed by atoms with van der Waals surface area (Å²) in [4.78, 5) is 38.7. The maximum absolute atomic E-state index is 13.0. The van der Waals surface area contributed by atoms with Gasteiger partial charge in [-0.15, -0.1) is 5.06 Å². The van der Waals surface area contributed by atoms with Crippen LogP contribution in [0.2, 0.25) is 0 Å². The topological polar surface area (TPSA) is 63.7 Å². The van der Waals surface area contributed by atoms with Crippen LogP contribution in [-0.4, -0.2) is 22.8 Å². The van der Waals surface area contributed by atoms with Gasteiger partial charge in [0, 0.05) is 17.3 Å². The molecule has 0 aromatic heterocycles. The molecule has 0 spiro atoms. The van der Waals surface area contributed by atoms with E-state index in [2.05, 4.69) is 20.8 Å². The van der Waals surface area contributed by atoms with Gasteiger partial charge >= 0.3 is 5.97 Å². The molecule has 0 radical (unpaired) electrons. The van der Waals surface area contributed by atoms with Gasteiger partial charge in [0.25, 0.3) is 11.8 Å². The third-order valence-electron chi connectivity index (χ3n) is 2.41.